The summed E-state index contributed by atoms with van der Waals surface area (Å²) in [6.07, 6.45) is 14.6. The van der Waals surface area contributed by atoms with E-state index in [-0.39, 0.29) is 29.8 Å². The molecule has 6 heteroatoms. The Morgan fingerprint density at radius 2 is 1.86 bits per heavy atom. The summed E-state index contributed by atoms with van der Waals surface area (Å²) in [6, 6.07) is 12.6. The molecule has 0 saturated heterocycles. The largest absolute Gasteiger partial charge is 0.493 e. The molecule has 6 nitrogen and oxygen atoms in total. The molecule has 4 N–H and O–H groups in total. The molecule has 0 bridgehead atoms. The molecule has 2 aliphatic rings. The van der Waals surface area contributed by atoms with E-state index in [2.05, 4.69) is 45.3 Å². The molecule has 35 heavy (non-hydrogen) atoms. The van der Waals surface area contributed by atoms with E-state index in [9.17, 15) is 9.90 Å². The molecule has 1 unspecified atom stereocenters. The van der Waals surface area contributed by atoms with Crippen molar-refractivity contribution in [3.8, 4) is 5.88 Å². The molecule has 2 aliphatic carbocycles. The van der Waals surface area contributed by atoms with Crippen molar-refractivity contribution >= 4 is 16.8 Å². The second-order valence-corrected chi connectivity index (χ2v) is 10.6. The van der Waals surface area contributed by atoms with Gasteiger partial charge in [0.1, 0.15) is 0 Å². The summed E-state index contributed by atoms with van der Waals surface area (Å²) in [6.45, 7) is 1.02. The maximum absolute atomic E-state index is 13.3. The van der Waals surface area contributed by atoms with Gasteiger partial charge >= 0.3 is 0 Å². The minimum absolute atomic E-state index is 0.0138. The summed E-state index contributed by atoms with van der Waals surface area (Å²) >= 11 is 0. The van der Waals surface area contributed by atoms with E-state index >= 15 is 0 Å². The molecule has 0 radical (unpaired) electrons. The zero-order valence-corrected chi connectivity index (χ0v) is 20.5. The van der Waals surface area contributed by atoms with E-state index < -0.39 is 0 Å². The van der Waals surface area contributed by atoms with Crippen LogP contribution in [0.1, 0.15) is 81.3 Å². The second-order valence-electron chi connectivity index (χ2n) is 10.6. The SMILES string of the molecule is N[C@H]1CC[C@H](NC(=O)CC(c2ccnc(O)c2)c2cn(CC3CCCCC3)c3ccccc23)CC1. The van der Waals surface area contributed by atoms with E-state index in [0.29, 0.717) is 12.3 Å². The number of benzene rings is 1. The van der Waals surface area contributed by atoms with Gasteiger partial charge in [0, 0.05) is 60.3 Å². The molecule has 0 spiro atoms. The van der Waals surface area contributed by atoms with Gasteiger partial charge in [-0.25, -0.2) is 4.98 Å². The van der Waals surface area contributed by atoms with E-state index in [1.54, 1.807) is 12.3 Å². The summed E-state index contributed by atoms with van der Waals surface area (Å²) in [5, 5.41) is 14.6. The third-order valence-electron chi connectivity index (χ3n) is 8.07. The molecule has 2 heterocycles. The van der Waals surface area contributed by atoms with E-state index in [0.717, 1.165) is 43.4 Å². The number of hydrogen-bond acceptors (Lipinski definition) is 4. The van der Waals surface area contributed by atoms with Crippen molar-refractivity contribution in [3.63, 3.8) is 0 Å². The monoisotopic (exact) mass is 474 g/mol. The first kappa shape index (κ1) is 23.9. The maximum Gasteiger partial charge on any atom is 0.221 e. The van der Waals surface area contributed by atoms with Crippen molar-refractivity contribution in [1.82, 2.24) is 14.9 Å². The van der Waals surface area contributed by atoms with Crippen LogP contribution >= 0.6 is 0 Å². The van der Waals surface area contributed by atoms with E-state index in [4.69, 9.17) is 5.73 Å². The van der Waals surface area contributed by atoms with Crippen molar-refractivity contribution in [2.75, 3.05) is 0 Å². The summed E-state index contributed by atoms with van der Waals surface area (Å²) in [5.74, 6) is 0.583. The van der Waals surface area contributed by atoms with Crippen LogP contribution in [0, 0.1) is 5.92 Å². The lowest BCUT2D eigenvalue weighted by Gasteiger charge is -2.27. The number of carbonyl (C=O) groups is 1. The molecule has 186 valence electrons. The molecule has 5 rings (SSSR count). The Balaban J connectivity index is 1.45. The number of fused-ring (bicyclic) bond motifs is 1. The van der Waals surface area contributed by atoms with Gasteiger partial charge in [0.25, 0.3) is 0 Å². The van der Waals surface area contributed by atoms with Gasteiger partial charge in [0.05, 0.1) is 0 Å². The quantitative estimate of drug-likeness (QED) is 0.437. The molecule has 1 amide bonds. The van der Waals surface area contributed by atoms with Crippen LogP contribution in [0.3, 0.4) is 0 Å². The highest BCUT2D eigenvalue weighted by atomic mass is 16.3. The Morgan fingerprint density at radius 1 is 1.09 bits per heavy atom. The molecule has 2 aromatic heterocycles. The Morgan fingerprint density at radius 3 is 2.63 bits per heavy atom. The highest BCUT2D eigenvalue weighted by Crippen LogP contribution is 2.37. The average Bonchev–Trinajstić information content (AvgIpc) is 3.23. The predicted octanol–water partition coefficient (Wildman–Crippen LogP) is 5.23. The van der Waals surface area contributed by atoms with E-state index in [1.165, 1.54) is 43.0 Å². The Kier molecular flexibility index (Phi) is 7.37. The smallest absolute Gasteiger partial charge is 0.221 e. The van der Waals surface area contributed by atoms with Crippen LogP contribution in [0.2, 0.25) is 0 Å². The number of rotatable bonds is 7. The van der Waals surface area contributed by atoms with Gasteiger partial charge in [-0.05, 0) is 67.7 Å². The van der Waals surface area contributed by atoms with Crippen LogP contribution in [0.15, 0.2) is 48.8 Å². The van der Waals surface area contributed by atoms with Gasteiger partial charge in [-0.1, -0.05) is 37.5 Å². The van der Waals surface area contributed by atoms with Crippen molar-refractivity contribution in [1.29, 1.82) is 0 Å². The third-order valence-corrected chi connectivity index (χ3v) is 8.07. The number of aromatic hydroxyl groups is 1. The molecule has 1 aromatic carbocycles. The molecular weight excluding hydrogens is 436 g/mol. The summed E-state index contributed by atoms with van der Waals surface area (Å²) in [7, 11) is 0. The first-order chi connectivity index (χ1) is 17.1. The highest BCUT2D eigenvalue weighted by molar-refractivity contribution is 5.86. The van der Waals surface area contributed by atoms with Gasteiger partial charge in [0.15, 0.2) is 0 Å². The highest BCUT2D eigenvalue weighted by Gasteiger charge is 2.26. The Hall–Kier alpha value is -2.86. The third kappa shape index (κ3) is 5.69. The number of aromatic nitrogens is 2. The fourth-order valence-corrected chi connectivity index (χ4v) is 6.15. The number of para-hydroxylation sites is 1. The lowest BCUT2D eigenvalue weighted by atomic mass is 9.87. The van der Waals surface area contributed by atoms with Crippen molar-refractivity contribution in [2.45, 2.75) is 88.8 Å². The molecule has 0 aliphatic heterocycles. The van der Waals surface area contributed by atoms with Crippen molar-refractivity contribution < 1.29 is 9.90 Å². The minimum Gasteiger partial charge on any atom is -0.493 e. The van der Waals surface area contributed by atoms with Crippen molar-refractivity contribution in [2.24, 2.45) is 11.7 Å². The fourth-order valence-electron chi connectivity index (χ4n) is 6.15. The lowest BCUT2D eigenvalue weighted by Crippen LogP contribution is -2.40. The minimum atomic E-state index is -0.160. The first-order valence-electron chi connectivity index (χ1n) is 13.3. The Labute approximate surface area is 207 Å². The Bertz CT molecular complexity index is 1140. The van der Waals surface area contributed by atoms with Gasteiger partial charge in [0.2, 0.25) is 11.8 Å². The van der Waals surface area contributed by atoms with Gasteiger partial charge in [-0.3, -0.25) is 4.79 Å². The van der Waals surface area contributed by atoms with Gasteiger partial charge < -0.3 is 20.7 Å². The zero-order chi connectivity index (χ0) is 24.2. The summed E-state index contributed by atoms with van der Waals surface area (Å²) in [4.78, 5) is 17.2. The van der Waals surface area contributed by atoms with E-state index in [1.807, 2.05) is 6.07 Å². The predicted molar refractivity (Wildman–Crippen MR) is 139 cm³/mol. The standard InChI is InChI=1S/C29H38N4O2/c30-22-10-12-23(13-11-22)32-29(35)17-25(21-14-15-31-28(34)16-21)26-19-33(18-20-6-2-1-3-7-20)27-9-5-4-8-24(26)27/h4-5,8-9,14-16,19-20,22-23,25H,1-3,6-7,10-13,17-18,30H2,(H,31,34)(H,32,35)/t22-,23-,25?. The summed E-state index contributed by atoms with van der Waals surface area (Å²) in [5.41, 5.74) is 9.33. The van der Waals surface area contributed by atoms with Gasteiger partial charge in [-0.15, -0.1) is 0 Å². The van der Waals surface area contributed by atoms with Gasteiger partial charge in [-0.2, -0.15) is 0 Å². The molecule has 2 saturated carbocycles. The fraction of sp³-hybridized carbons (Fsp3) is 0.517. The molecule has 2 fully saturated rings. The second kappa shape index (κ2) is 10.8. The molecule has 1 atom stereocenters. The topological polar surface area (TPSA) is 93.2 Å². The van der Waals surface area contributed by atoms with Crippen LogP contribution in [0.5, 0.6) is 5.88 Å². The normalized spacial score (nSPS) is 22.2. The number of nitrogens with two attached hydrogens (primary N) is 1. The van der Waals surface area contributed by atoms with Crippen LogP contribution in [-0.2, 0) is 11.3 Å². The number of hydrogen-bond donors (Lipinski definition) is 3. The average molecular weight is 475 g/mol. The van der Waals surface area contributed by atoms with Crippen LogP contribution < -0.4 is 11.1 Å². The van der Waals surface area contributed by atoms with Crippen molar-refractivity contribution in [3.05, 3.63) is 59.9 Å². The zero-order valence-electron chi connectivity index (χ0n) is 20.5. The number of nitrogens with one attached hydrogen (secondary N) is 1. The molecular formula is C29H38N4O2. The maximum atomic E-state index is 13.3. The number of carbonyl (C=O) groups excluding carboxylic acids is 1. The first-order valence-corrected chi connectivity index (χ1v) is 13.3. The van der Waals surface area contributed by atoms with Crippen LogP contribution in [-0.4, -0.2) is 32.6 Å². The summed E-state index contributed by atoms with van der Waals surface area (Å²) < 4.78 is 2.40. The number of pyridine rings is 1. The molecule has 3 aromatic rings. The van der Waals surface area contributed by atoms with Crippen LogP contribution in [0.4, 0.5) is 0 Å². The number of nitrogens with zero attached hydrogens (tertiary/aromatic N) is 2. The lowest BCUT2D eigenvalue weighted by molar-refractivity contribution is -0.122. The number of amides is 1. The van der Waals surface area contributed by atoms with Crippen LogP contribution in [0.25, 0.3) is 10.9 Å².